The van der Waals surface area contributed by atoms with Crippen LogP contribution in [0, 0.1) is 0 Å². The summed E-state index contributed by atoms with van der Waals surface area (Å²) in [4.78, 5) is 9.11. The molecule has 1 atom stereocenters. The molecule has 2 aromatic rings. The Kier molecular flexibility index (Phi) is 8.13. The minimum absolute atomic E-state index is 0.182. The molecule has 0 aliphatic rings. The van der Waals surface area contributed by atoms with E-state index in [0.29, 0.717) is 13.2 Å². The second-order valence-electron chi connectivity index (χ2n) is 6.70. The average molecular weight is 373 g/mol. The van der Waals surface area contributed by atoms with Gasteiger partial charge in [-0.1, -0.05) is 18.2 Å². The van der Waals surface area contributed by atoms with E-state index in [-0.39, 0.29) is 6.04 Å². The summed E-state index contributed by atoms with van der Waals surface area (Å²) < 4.78 is 7.62. The first-order valence-electron chi connectivity index (χ1n) is 9.33. The second-order valence-corrected chi connectivity index (χ2v) is 6.70. The van der Waals surface area contributed by atoms with Crippen molar-refractivity contribution in [3.8, 4) is 5.75 Å². The summed E-state index contributed by atoms with van der Waals surface area (Å²) in [7, 11) is 8.10. The number of benzene rings is 1. The van der Waals surface area contributed by atoms with Crippen LogP contribution in [0.25, 0.3) is 0 Å². The van der Waals surface area contributed by atoms with E-state index >= 15 is 0 Å². The van der Waals surface area contributed by atoms with Gasteiger partial charge in [0.05, 0.1) is 25.3 Å². The molecule has 1 unspecified atom stereocenters. The fraction of sp³-hybridized carbons (Fsp3) is 0.500. The number of ether oxygens (including phenoxy) is 1. The van der Waals surface area contributed by atoms with Crippen LogP contribution in [0.1, 0.15) is 18.5 Å². The number of aryl methyl sites for hydroxylation is 1. The highest BCUT2D eigenvalue weighted by Crippen LogP contribution is 2.17. The Bertz CT molecular complexity index is 698. The number of aromatic nitrogens is 2. The normalized spacial score (nSPS) is 12.9. The van der Waals surface area contributed by atoms with Gasteiger partial charge in [-0.3, -0.25) is 9.67 Å². The lowest BCUT2D eigenvalue weighted by Gasteiger charge is -2.25. The van der Waals surface area contributed by atoms with Gasteiger partial charge in [0.25, 0.3) is 0 Å². The van der Waals surface area contributed by atoms with Crippen molar-refractivity contribution >= 4 is 5.96 Å². The van der Waals surface area contributed by atoms with Crippen molar-refractivity contribution in [2.45, 2.75) is 13.0 Å². The Morgan fingerprint density at radius 1 is 1.26 bits per heavy atom. The van der Waals surface area contributed by atoms with Crippen molar-refractivity contribution in [1.29, 1.82) is 0 Å². The minimum atomic E-state index is 0.182. The van der Waals surface area contributed by atoms with Crippen LogP contribution < -0.4 is 10.1 Å². The van der Waals surface area contributed by atoms with Crippen LogP contribution in [0.5, 0.6) is 5.75 Å². The van der Waals surface area contributed by atoms with Gasteiger partial charge in [-0.15, -0.1) is 0 Å². The van der Waals surface area contributed by atoms with E-state index in [1.54, 1.807) is 0 Å². The quantitative estimate of drug-likeness (QED) is 0.539. The molecule has 1 heterocycles. The number of nitrogens with one attached hydrogen (secondary N) is 1. The predicted octanol–water partition coefficient (Wildman–Crippen LogP) is 2.00. The Labute approximate surface area is 162 Å². The van der Waals surface area contributed by atoms with Crippen molar-refractivity contribution in [3.63, 3.8) is 0 Å². The summed E-state index contributed by atoms with van der Waals surface area (Å²) in [6.07, 6.45) is 3.95. The Morgan fingerprint density at radius 3 is 2.59 bits per heavy atom. The zero-order chi connectivity index (χ0) is 19.6. The minimum Gasteiger partial charge on any atom is -0.492 e. The van der Waals surface area contributed by atoms with Gasteiger partial charge in [0.2, 0.25) is 0 Å². The molecular formula is C20H32N6O. The SMILES string of the molecule is CCNC(=NCC(c1cnn(C)c1)N(C)C)N(C)CCOc1ccccc1. The van der Waals surface area contributed by atoms with Gasteiger partial charge in [0.15, 0.2) is 5.96 Å². The molecule has 0 saturated carbocycles. The number of aliphatic imine (C=N–C) groups is 1. The van der Waals surface area contributed by atoms with Gasteiger partial charge >= 0.3 is 0 Å². The first-order chi connectivity index (χ1) is 13.0. The molecule has 148 valence electrons. The van der Waals surface area contributed by atoms with Gasteiger partial charge in [-0.05, 0) is 33.2 Å². The predicted molar refractivity (Wildman–Crippen MR) is 110 cm³/mol. The second kappa shape index (κ2) is 10.6. The molecule has 27 heavy (non-hydrogen) atoms. The molecule has 0 radical (unpaired) electrons. The third kappa shape index (κ3) is 6.60. The summed E-state index contributed by atoms with van der Waals surface area (Å²) in [5.74, 6) is 1.77. The van der Waals surface area contributed by atoms with Crippen molar-refractivity contribution in [2.75, 3.05) is 47.4 Å². The molecule has 0 aliphatic carbocycles. The van der Waals surface area contributed by atoms with Gasteiger partial charge in [0, 0.05) is 32.4 Å². The van der Waals surface area contributed by atoms with Crippen LogP contribution >= 0.6 is 0 Å². The van der Waals surface area contributed by atoms with Crippen molar-refractivity contribution in [2.24, 2.45) is 12.0 Å². The third-order valence-electron chi connectivity index (χ3n) is 4.28. The molecule has 0 amide bonds. The standard InChI is InChI=1S/C20H32N6O/c1-6-21-20(25(4)12-13-27-18-10-8-7-9-11-18)22-15-19(24(2)3)17-14-23-26(5)16-17/h7-11,14,16,19H,6,12-13,15H2,1-5H3,(H,21,22). The zero-order valence-electron chi connectivity index (χ0n) is 17.1. The molecule has 0 saturated heterocycles. The number of hydrogen-bond acceptors (Lipinski definition) is 4. The maximum atomic E-state index is 5.80. The van der Waals surface area contributed by atoms with Gasteiger partial charge < -0.3 is 19.9 Å². The lowest BCUT2D eigenvalue weighted by Crippen LogP contribution is -2.41. The Hall–Kier alpha value is -2.54. The maximum absolute atomic E-state index is 5.80. The van der Waals surface area contributed by atoms with E-state index in [9.17, 15) is 0 Å². The average Bonchev–Trinajstić information content (AvgIpc) is 3.07. The van der Waals surface area contributed by atoms with Gasteiger partial charge in [-0.25, -0.2) is 0 Å². The summed E-state index contributed by atoms with van der Waals surface area (Å²) in [5, 5.41) is 7.65. The third-order valence-corrected chi connectivity index (χ3v) is 4.28. The Morgan fingerprint density at radius 2 is 2.00 bits per heavy atom. The molecule has 0 bridgehead atoms. The number of para-hydroxylation sites is 1. The lowest BCUT2D eigenvalue weighted by molar-refractivity contribution is 0.279. The van der Waals surface area contributed by atoms with E-state index in [4.69, 9.17) is 9.73 Å². The molecule has 2 rings (SSSR count). The first-order valence-corrected chi connectivity index (χ1v) is 9.33. The summed E-state index contributed by atoms with van der Waals surface area (Å²) in [6.45, 7) is 4.91. The highest BCUT2D eigenvalue weighted by atomic mass is 16.5. The number of likely N-dealkylation sites (N-methyl/N-ethyl adjacent to an activating group) is 2. The van der Waals surface area contributed by atoms with E-state index in [1.165, 1.54) is 0 Å². The Balaban J connectivity index is 1.96. The topological polar surface area (TPSA) is 57.9 Å². The highest BCUT2D eigenvalue weighted by molar-refractivity contribution is 5.79. The van der Waals surface area contributed by atoms with E-state index < -0.39 is 0 Å². The molecule has 0 fully saturated rings. The van der Waals surface area contributed by atoms with Crippen LogP contribution in [0.2, 0.25) is 0 Å². The molecule has 7 heteroatoms. The van der Waals surface area contributed by atoms with Crippen LogP contribution in [0.15, 0.2) is 47.7 Å². The molecule has 1 aromatic carbocycles. The van der Waals surface area contributed by atoms with Crippen molar-refractivity contribution in [3.05, 3.63) is 48.3 Å². The van der Waals surface area contributed by atoms with E-state index in [1.807, 2.05) is 61.5 Å². The molecule has 1 N–H and O–H groups in total. The zero-order valence-corrected chi connectivity index (χ0v) is 17.1. The molecule has 7 nitrogen and oxygen atoms in total. The van der Waals surface area contributed by atoms with Crippen LogP contribution in [-0.2, 0) is 7.05 Å². The fourth-order valence-corrected chi connectivity index (χ4v) is 2.74. The number of nitrogens with zero attached hydrogens (tertiary/aromatic N) is 5. The largest absolute Gasteiger partial charge is 0.492 e. The molecule has 0 spiro atoms. The number of rotatable bonds is 9. The van der Waals surface area contributed by atoms with Crippen LogP contribution in [0.3, 0.4) is 0 Å². The lowest BCUT2D eigenvalue weighted by atomic mass is 10.1. The van der Waals surface area contributed by atoms with Gasteiger partial charge in [0.1, 0.15) is 12.4 Å². The number of hydrogen-bond donors (Lipinski definition) is 1. The summed E-state index contributed by atoms with van der Waals surface area (Å²) in [5.41, 5.74) is 1.16. The van der Waals surface area contributed by atoms with Crippen LogP contribution in [-0.4, -0.2) is 72.9 Å². The van der Waals surface area contributed by atoms with Crippen LogP contribution in [0.4, 0.5) is 0 Å². The smallest absolute Gasteiger partial charge is 0.193 e. The fourth-order valence-electron chi connectivity index (χ4n) is 2.74. The van der Waals surface area contributed by atoms with E-state index in [0.717, 1.165) is 30.4 Å². The monoisotopic (exact) mass is 372 g/mol. The summed E-state index contributed by atoms with van der Waals surface area (Å²) in [6, 6.07) is 10.1. The van der Waals surface area contributed by atoms with Crippen molar-refractivity contribution in [1.82, 2.24) is 24.9 Å². The summed E-state index contributed by atoms with van der Waals surface area (Å²) >= 11 is 0. The maximum Gasteiger partial charge on any atom is 0.193 e. The first kappa shape index (κ1) is 20.8. The number of guanidine groups is 1. The molecular weight excluding hydrogens is 340 g/mol. The molecule has 1 aromatic heterocycles. The molecule has 0 aliphatic heterocycles. The van der Waals surface area contributed by atoms with Gasteiger partial charge in [-0.2, -0.15) is 5.10 Å². The highest BCUT2D eigenvalue weighted by Gasteiger charge is 2.16. The van der Waals surface area contributed by atoms with Crippen molar-refractivity contribution < 1.29 is 4.74 Å². The van der Waals surface area contributed by atoms with E-state index in [2.05, 4.69) is 41.2 Å².